The van der Waals surface area contributed by atoms with Gasteiger partial charge in [-0.2, -0.15) is 0 Å². The molecule has 160 valence electrons. The molecule has 1 aliphatic carbocycles. The summed E-state index contributed by atoms with van der Waals surface area (Å²) < 4.78 is 0. The number of pyridine rings is 1. The lowest BCUT2D eigenvalue weighted by atomic mass is 9.70. The highest BCUT2D eigenvalue weighted by Crippen LogP contribution is 2.40. The molecule has 0 saturated heterocycles. The van der Waals surface area contributed by atoms with E-state index in [0.717, 1.165) is 41.4 Å². The summed E-state index contributed by atoms with van der Waals surface area (Å²) in [7, 11) is 0. The Hall–Kier alpha value is -2.99. The van der Waals surface area contributed by atoms with E-state index in [-0.39, 0.29) is 27.7 Å². The molecule has 4 rings (SSSR count). The molecular formula is C24H24ClN3O3. The molecule has 1 amide bonds. The average Bonchev–Trinajstić information content (AvgIpc) is 2.72. The molecule has 0 spiro atoms. The second kappa shape index (κ2) is 7.93. The molecule has 3 aromatic rings. The van der Waals surface area contributed by atoms with Crippen molar-refractivity contribution >= 4 is 39.8 Å². The van der Waals surface area contributed by atoms with Crippen LogP contribution in [0.3, 0.4) is 0 Å². The van der Waals surface area contributed by atoms with Crippen LogP contribution in [0.15, 0.2) is 42.5 Å². The zero-order chi connectivity index (χ0) is 22.3. The first kappa shape index (κ1) is 21.2. The maximum Gasteiger partial charge on any atom is 0.271 e. The van der Waals surface area contributed by atoms with Crippen molar-refractivity contribution in [1.29, 1.82) is 0 Å². The molecular weight excluding hydrogens is 414 g/mol. The van der Waals surface area contributed by atoms with Crippen LogP contribution in [0.2, 0.25) is 5.02 Å². The number of non-ortho nitro benzene ring substituents is 1. The van der Waals surface area contributed by atoms with Crippen LogP contribution in [-0.2, 0) is 12.8 Å². The van der Waals surface area contributed by atoms with Gasteiger partial charge < -0.3 is 5.32 Å². The summed E-state index contributed by atoms with van der Waals surface area (Å²) >= 11 is 6.23. The van der Waals surface area contributed by atoms with Gasteiger partial charge in [-0.15, -0.1) is 0 Å². The summed E-state index contributed by atoms with van der Waals surface area (Å²) in [5.74, 6) is 0.0997. The highest BCUT2D eigenvalue weighted by Gasteiger charge is 2.33. The third-order valence-electron chi connectivity index (χ3n) is 6.12. The maximum atomic E-state index is 13.5. The minimum absolute atomic E-state index is 0.112. The van der Waals surface area contributed by atoms with Crippen LogP contribution in [-0.4, -0.2) is 15.8 Å². The molecule has 1 N–H and O–H groups in total. The van der Waals surface area contributed by atoms with Crippen LogP contribution in [0.25, 0.3) is 10.9 Å². The lowest BCUT2D eigenvalue weighted by molar-refractivity contribution is -0.384. The summed E-state index contributed by atoms with van der Waals surface area (Å²) in [4.78, 5) is 29.0. The van der Waals surface area contributed by atoms with Gasteiger partial charge in [0.2, 0.25) is 0 Å². The lowest BCUT2D eigenvalue weighted by Crippen LogP contribution is -2.29. The zero-order valence-corrected chi connectivity index (χ0v) is 18.5. The number of nitro groups is 1. The molecule has 0 saturated carbocycles. The van der Waals surface area contributed by atoms with E-state index in [0.29, 0.717) is 11.5 Å². The van der Waals surface area contributed by atoms with Crippen molar-refractivity contribution in [2.75, 3.05) is 5.32 Å². The van der Waals surface area contributed by atoms with Crippen molar-refractivity contribution < 1.29 is 9.72 Å². The number of halogens is 1. The van der Waals surface area contributed by atoms with Gasteiger partial charge in [0.25, 0.3) is 11.6 Å². The smallest absolute Gasteiger partial charge is 0.271 e. The highest BCUT2D eigenvalue weighted by atomic mass is 35.5. The molecule has 31 heavy (non-hydrogen) atoms. The molecule has 1 heterocycles. The Balaban J connectivity index is 1.82. The second-order valence-electron chi connectivity index (χ2n) is 9.11. The zero-order valence-electron chi connectivity index (χ0n) is 17.7. The van der Waals surface area contributed by atoms with Gasteiger partial charge in [0, 0.05) is 23.2 Å². The Labute approximate surface area is 185 Å². The average molecular weight is 438 g/mol. The van der Waals surface area contributed by atoms with E-state index < -0.39 is 4.92 Å². The van der Waals surface area contributed by atoms with Gasteiger partial charge >= 0.3 is 0 Å². The van der Waals surface area contributed by atoms with Crippen molar-refractivity contribution in [2.45, 2.75) is 40.0 Å². The van der Waals surface area contributed by atoms with Gasteiger partial charge in [-0.3, -0.25) is 19.9 Å². The van der Waals surface area contributed by atoms with Gasteiger partial charge in [-0.1, -0.05) is 50.6 Å². The monoisotopic (exact) mass is 437 g/mol. The van der Waals surface area contributed by atoms with E-state index in [4.69, 9.17) is 16.6 Å². The molecule has 1 atom stereocenters. The molecule has 1 unspecified atom stereocenters. The van der Waals surface area contributed by atoms with Crippen molar-refractivity contribution in [1.82, 2.24) is 4.98 Å². The molecule has 0 radical (unpaired) electrons. The number of hydrogen-bond acceptors (Lipinski definition) is 4. The Kier molecular flexibility index (Phi) is 5.43. The molecule has 7 heteroatoms. The van der Waals surface area contributed by atoms with E-state index in [1.807, 2.05) is 24.3 Å². The fourth-order valence-corrected chi connectivity index (χ4v) is 4.46. The normalized spacial score (nSPS) is 16.1. The third kappa shape index (κ3) is 4.12. The van der Waals surface area contributed by atoms with E-state index in [1.54, 1.807) is 0 Å². The van der Waals surface area contributed by atoms with Crippen molar-refractivity contribution in [2.24, 2.45) is 11.3 Å². The Morgan fingerprint density at radius 1 is 1.23 bits per heavy atom. The summed E-state index contributed by atoms with van der Waals surface area (Å²) in [6.07, 6.45) is 2.61. The number of hydrogen-bond donors (Lipinski definition) is 1. The van der Waals surface area contributed by atoms with Crippen LogP contribution < -0.4 is 5.32 Å². The number of aryl methyl sites for hydroxylation is 1. The summed E-state index contributed by atoms with van der Waals surface area (Å²) in [6, 6.07) is 11.6. The van der Waals surface area contributed by atoms with Crippen molar-refractivity contribution in [3.8, 4) is 0 Å². The Morgan fingerprint density at radius 2 is 1.97 bits per heavy atom. The van der Waals surface area contributed by atoms with Gasteiger partial charge in [0.1, 0.15) is 0 Å². The van der Waals surface area contributed by atoms with E-state index >= 15 is 0 Å². The topological polar surface area (TPSA) is 85.1 Å². The number of anilines is 1. The first-order valence-electron chi connectivity index (χ1n) is 10.3. The predicted molar refractivity (Wildman–Crippen MR) is 123 cm³/mol. The molecule has 6 nitrogen and oxygen atoms in total. The quantitative estimate of drug-likeness (QED) is 0.390. The summed E-state index contributed by atoms with van der Waals surface area (Å²) in [6.45, 7) is 6.67. The van der Waals surface area contributed by atoms with E-state index in [1.165, 1.54) is 18.2 Å². The molecule has 1 aliphatic rings. The molecule has 1 aromatic heterocycles. The highest BCUT2D eigenvalue weighted by molar-refractivity contribution is 6.34. The summed E-state index contributed by atoms with van der Waals surface area (Å²) in [5.41, 5.74) is 3.47. The fraction of sp³-hybridized carbons (Fsp3) is 0.333. The van der Waals surface area contributed by atoms with E-state index in [9.17, 15) is 14.9 Å². The van der Waals surface area contributed by atoms with Gasteiger partial charge in [0.15, 0.2) is 0 Å². The van der Waals surface area contributed by atoms with Crippen LogP contribution in [0, 0.1) is 21.4 Å². The number of rotatable bonds is 3. The first-order valence-corrected chi connectivity index (χ1v) is 10.7. The Bertz CT molecular complexity index is 1200. The number of carbonyl (C=O) groups is 1. The molecule has 0 fully saturated rings. The molecule has 2 aromatic carbocycles. The van der Waals surface area contributed by atoms with Crippen LogP contribution in [0.1, 0.15) is 48.8 Å². The lowest BCUT2D eigenvalue weighted by Gasteiger charge is -2.35. The third-order valence-corrected chi connectivity index (χ3v) is 6.45. The predicted octanol–water partition coefficient (Wildman–Crippen LogP) is 6.20. The van der Waals surface area contributed by atoms with Crippen LogP contribution in [0.5, 0.6) is 0 Å². The van der Waals surface area contributed by atoms with Gasteiger partial charge in [-0.25, -0.2) is 0 Å². The SMILES string of the molecule is CC(C)(C)C1CCc2nc3ccccc3c(C(=O)Nc3cc([N+](=O)[O-])ccc3Cl)c2C1. The Morgan fingerprint density at radius 3 is 2.68 bits per heavy atom. The van der Waals surface area contributed by atoms with Crippen LogP contribution in [0.4, 0.5) is 11.4 Å². The number of fused-ring (bicyclic) bond motifs is 2. The minimum atomic E-state index is -0.510. The number of amides is 1. The summed E-state index contributed by atoms with van der Waals surface area (Å²) in [5, 5.41) is 15.0. The maximum absolute atomic E-state index is 13.5. The van der Waals surface area contributed by atoms with Gasteiger partial charge in [-0.05, 0) is 48.3 Å². The first-order chi connectivity index (χ1) is 14.6. The number of nitrogens with one attached hydrogen (secondary N) is 1. The van der Waals surface area contributed by atoms with Crippen molar-refractivity contribution in [3.05, 3.63) is 74.4 Å². The fourth-order valence-electron chi connectivity index (χ4n) is 4.29. The van der Waals surface area contributed by atoms with Gasteiger partial charge in [0.05, 0.1) is 26.7 Å². The number of para-hydroxylation sites is 1. The number of carbonyl (C=O) groups excluding carboxylic acids is 1. The number of aromatic nitrogens is 1. The van der Waals surface area contributed by atoms with Crippen molar-refractivity contribution in [3.63, 3.8) is 0 Å². The standard InChI is InChI=1S/C24H24ClN3O3/c1-24(2,3)14-8-11-20-17(12-14)22(16-6-4-5-7-19(16)26-20)23(29)27-21-13-15(28(30)31)9-10-18(21)25/h4-7,9-10,13-14H,8,11-12H2,1-3H3,(H,27,29). The number of nitrogens with zero attached hydrogens (tertiary/aromatic N) is 2. The number of nitro benzene ring substituents is 1. The van der Waals surface area contributed by atoms with E-state index in [2.05, 4.69) is 26.1 Å². The second-order valence-corrected chi connectivity index (χ2v) is 9.52. The largest absolute Gasteiger partial charge is 0.320 e. The van der Waals surface area contributed by atoms with Crippen LogP contribution >= 0.6 is 11.6 Å². The number of benzene rings is 2. The molecule has 0 bridgehead atoms. The molecule has 0 aliphatic heterocycles. The minimum Gasteiger partial charge on any atom is -0.320 e.